The third-order valence-corrected chi connectivity index (χ3v) is 3.76. The van der Waals surface area contributed by atoms with Crippen LogP contribution in [-0.2, 0) is 12.4 Å². The van der Waals surface area contributed by atoms with E-state index in [4.69, 9.17) is 11.6 Å². The standard InChI is InChI=1S/C16H16ClN3/c1-11-5-3-4-6-13(11)10-20-15(9-17)19-14-8-7-12(2)18-16(14)20/h3-8H,9-10H2,1-2H3. The molecule has 4 heteroatoms. The van der Waals surface area contributed by atoms with E-state index in [-0.39, 0.29) is 0 Å². The van der Waals surface area contributed by atoms with Gasteiger partial charge in [-0.15, -0.1) is 11.6 Å². The first-order chi connectivity index (χ1) is 9.69. The van der Waals surface area contributed by atoms with E-state index in [0.29, 0.717) is 5.88 Å². The van der Waals surface area contributed by atoms with Crippen LogP contribution in [0.25, 0.3) is 11.2 Å². The van der Waals surface area contributed by atoms with Crippen LogP contribution in [0.3, 0.4) is 0 Å². The Morgan fingerprint density at radius 2 is 1.85 bits per heavy atom. The highest BCUT2D eigenvalue weighted by Gasteiger charge is 2.12. The average molecular weight is 286 g/mol. The van der Waals surface area contributed by atoms with Gasteiger partial charge >= 0.3 is 0 Å². The van der Waals surface area contributed by atoms with E-state index in [9.17, 15) is 0 Å². The smallest absolute Gasteiger partial charge is 0.160 e. The summed E-state index contributed by atoms with van der Waals surface area (Å²) in [4.78, 5) is 9.18. The Morgan fingerprint density at radius 1 is 1.05 bits per heavy atom. The highest BCUT2D eigenvalue weighted by Crippen LogP contribution is 2.19. The monoisotopic (exact) mass is 285 g/mol. The number of hydrogen-bond donors (Lipinski definition) is 0. The second kappa shape index (κ2) is 5.25. The average Bonchev–Trinajstić information content (AvgIpc) is 2.79. The molecule has 0 unspecified atom stereocenters. The molecule has 2 aromatic heterocycles. The zero-order chi connectivity index (χ0) is 14.1. The summed E-state index contributed by atoms with van der Waals surface area (Å²) in [5.74, 6) is 1.25. The van der Waals surface area contributed by atoms with Crippen LogP contribution in [0.2, 0.25) is 0 Å². The van der Waals surface area contributed by atoms with Crippen molar-refractivity contribution in [3.05, 3.63) is 59.0 Å². The van der Waals surface area contributed by atoms with Gasteiger partial charge in [-0.3, -0.25) is 0 Å². The molecule has 0 fully saturated rings. The van der Waals surface area contributed by atoms with Crippen molar-refractivity contribution >= 4 is 22.8 Å². The Kier molecular flexibility index (Phi) is 3.45. The van der Waals surface area contributed by atoms with Crippen LogP contribution in [0.15, 0.2) is 36.4 Å². The van der Waals surface area contributed by atoms with E-state index in [2.05, 4.69) is 45.7 Å². The zero-order valence-corrected chi connectivity index (χ0v) is 12.4. The molecule has 0 amide bonds. The highest BCUT2D eigenvalue weighted by atomic mass is 35.5. The molecule has 0 aliphatic carbocycles. The number of fused-ring (bicyclic) bond motifs is 1. The molecule has 2 heterocycles. The number of aromatic nitrogens is 3. The Balaban J connectivity index is 2.14. The summed E-state index contributed by atoms with van der Waals surface area (Å²) in [5.41, 5.74) is 5.33. The van der Waals surface area contributed by atoms with E-state index in [1.807, 2.05) is 19.1 Å². The second-order valence-electron chi connectivity index (χ2n) is 4.97. The summed E-state index contributed by atoms with van der Waals surface area (Å²) in [6.45, 7) is 4.86. The maximum Gasteiger partial charge on any atom is 0.160 e. The number of benzene rings is 1. The van der Waals surface area contributed by atoms with Gasteiger partial charge in [0.05, 0.1) is 12.4 Å². The molecule has 0 saturated heterocycles. The molecule has 0 atom stereocenters. The lowest BCUT2D eigenvalue weighted by atomic mass is 10.1. The SMILES string of the molecule is Cc1ccc2nc(CCl)n(Cc3ccccc3C)c2n1. The van der Waals surface area contributed by atoms with Crippen molar-refractivity contribution < 1.29 is 0 Å². The van der Waals surface area contributed by atoms with E-state index in [1.54, 1.807) is 0 Å². The van der Waals surface area contributed by atoms with Gasteiger partial charge in [0.2, 0.25) is 0 Å². The Morgan fingerprint density at radius 3 is 2.60 bits per heavy atom. The normalized spacial score (nSPS) is 11.2. The van der Waals surface area contributed by atoms with Crippen LogP contribution in [0.5, 0.6) is 0 Å². The van der Waals surface area contributed by atoms with Crippen molar-refractivity contribution in [2.75, 3.05) is 0 Å². The van der Waals surface area contributed by atoms with Gasteiger partial charge in [0.15, 0.2) is 5.65 Å². The Hall–Kier alpha value is -1.87. The molecule has 0 saturated carbocycles. The molecule has 0 aliphatic rings. The van der Waals surface area contributed by atoms with Crippen molar-refractivity contribution in [3.8, 4) is 0 Å². The largest absolute Gasteiger partial charge is 0.307 e. The summed E-state index contributed by atoms with van der Waals surface area (Å²) in [6.07, 6.45) is 0. The molecular formula is C16H16ClN3. The van der Waals surface area contributed by atoms with E-state index in [0.717, 1.165) is 29.2 Å². The first-order valence-corrected chi connectivity index (χ1v) is 7.15. The van der Waals surface area contributed by atoms with Gasteiger partial charge < -0.3 is 4.57 Å². The number of nitrogens with zero attached hydrogens (tertiary/aromatic N) is 3. The minimum Gasteiger partial charge on any atom is -0.307 e. The number of alkyl halides is 1. The minimum absolute atomic E-state index is 0.390. The molecule has 0 N–H and O–H groups in total. The molecule has 3 aromatic rings. The second-order valence-corrected chi connectivity index (χ2v) is 5.24. The summed E-state index contributed by atoms with van der Waals surface area (Å²) < 4.78 is 2.11. The number of aryl methyl sites for hydroxylation is 2. The molecule has 0 aliphatic heterocycles. The van der Waals surface area contributed by atoms with Gasteiger partial charge in [-0.2, -0.15) is 0 Å². The van der Waals surface area contributed by atoms with Gasteiger partial charge in [-0.05, 0) is 37.1 Å². The fourth-order valence-corrected chi connectivity index (χ4v) is 2.57. The van der Waals surface area contributed by atoms with Gasteiger partial charge in [-0.1, -0.05) is 24.3 Å². The Bertz CT molecular complexity index is 762. The third kappa shape index (κ3) is 2.29. The molecular weight excluding hydrogens is 270 g/mol. The zero-order valence-electron chi connectivity index (χ0n) is 11.6. The maximum absolute atomic E-state index is 6.04. The van der Waals surface area contributed by atoms with Crippen molar-refractivity contribution in [1.82, 2.24) is 14.5 Å². The predicted molar refractivity (Wildman–Crippen MR) is 82.1 cm³/mol. The molecule has 0 radical (unpaired) electrons. The predicted octanol–water partition coefficient (Wildman–Crippen LogP) is 3.84. The molecule has 0 bridgehead atoms. The van der Waals surface area contributed by atoms with Crippen LogP contribution in [0.4, 0.5) is 0 Å². The maximum atomic E-state index is 6.04. The lowest BCUT2D eigenvalue weighted by molar-refractivity contribution is 0.765. The molecule has 1 aromatic carbocycles. The summed E-state index contributed by atoms with van der Waals surface area (Å²) in [5, 5.41) is 0. The number of pyridine rings is 1. The molecule has 3 nitrogen and oxygen atoms in total. The lowest BCUT2D eigenvalue weighted by Gasteiger charge is -2.10. The fourth-order valence-electron chi connectivity index (χ4n) is 2.37. The number of halogens is 1. The highest BCUT2D eigenvalue weighted by molar-refractivity contribution is 6.16. The lowest BCUT2D eigenvalue weighted by Crippen LogP contribution is -2.06. The van der Waals surface area contributed by atoms with E-state index < -0.39 is 0 Å². The fraction of sp³-hybridized carbons (Fsp3) is 0.250. The summed E-state index contributed by atoms with van der Waals surface area (Å²) >= 11 is 6.04. The van der Waals surface area contributed by atoms with Gasteiger partial charge in [0.25, 0.3) is 0 Å². The summed E-state index contributed by atoms with van der Waals surface area (Å²) in [7, 11) is 0. The van der Waals surface area contributed by atoms with Gasteiger partial charge in [0.1, 0.15) is 11.3 Å². The Labute approximate surface area is 123 Å². The van der Waals surface area contributed by atoms with Crippen LogP contribution in [0.1, 0.15) is 22.6 Å². The number of rotatable bonds is 3. The first kappa shape index (κ1) is 13.1. The molecule has 0 spiro atoms. The molecule has 3 rings (SSSR count). The minimum atomic E-state index is 0.390. The third-order valence-electron chi connectivity index (χ3n) is 3.52. The summed E-state index contributed by atoms with van der Waals surface area (Å²) in [6, 6.07) is 12.3. The van der Waals surface area contributed by atoms with Crippen molar-refractivity contribution in [3.63, 3.8) is 0 Å². The van der Waals surface area contributed by atoms with Gasteiger partial charge in [0, 0.05) is 5.69 Å². The van der Waals surface area contributed by atoms with Gasteiger partial charge in [-0.25, -0.2) is 9.97 Å². The van der Waals surface area contributed by atoms with Crippen LogP contribution in [-0.4, -0.2) is 14.5 Å². The number of imidazole rings is 1. The molecule has 102 valence electrons. The van der Waals surface area contributed by atoms with Crippen molar-refractivity contribution in [1.29, 1.82) is 0 Å². The topological polar surface area (TPSA) is 30.7 Å². The van der Waals surface area contributed by atoms with E-state index in [1.165, 1.54) is 11.1 Å². The van der Waals surface area contributed by atoms with Crippen molar-refractivity contribution in [2.45, 2.75) is 26.3 Å². The van der Waals surface area contributed by atoms with E-state index >= 15 is 0 Å². The quantitative estimate of drug-likeness (QED) is 0.685. The first-order valence-electron chi connectivity index (χ1n) is 6.62. The van der Waals surface area contributed by atoms with Crippen molar-refractivity contribution in [2.24, 2.45) is 0 Å². The number of hydrogen-bond acceptors (Lipinski definition) is 2. The molecule has 20 heavy (non-hydrogen) atoms. The van der Waals surface area contributed by atoms with Crippen LogP contribution in [0, 0.1) is 13.8 Å². The van der Waals surface area contributed by atoms with Crippen LogP contribution < -0.4 is 0 Å². The van der Waals surface area contributed by atoms with Crippen LogP contribution >= 0.6 is 11.6 Å².